The predicted octanol–water partition coefficient (Wildman–Crippen LogP) is 2.85. The Morgan fingerprint density at radius 2 is 1.44 bits per heavy atom. The zero-order valence-electron chi connectivity index (χ0n) is 20.6. The van der Waals surface area contributed by atoms with Gasteiger partial charge in [0.25, 0.3) is 0 Å². The minimum absolute atomic E-state index is 0.144. The van der Waals surface area contributed by atoms with E-state index in [0.29, 0.717) is 11.4 Å². The van der Waals surface area contributed by atoms with E-state index in [1.54, 1.807) is 24.3 Å². The van der Waals surface area contributed by atoms with Crippen molar-refractivity contribution >= 4 is 27.5 Å². The number of hydrogen-bond acceptors (Lipinski definition) is 5. The summed E-state index contributed by atoms with van der Waals surface area (Å²) >= 11 is 0. The summed E-state index contributed by atoms with van der Waals surface area (Å²) in [6, 6.07) is 24.3. The SMILES string of the molecule is CNC(=O)C(Cc1ccccc1)N(Cc1ccccc1)C(=O)CN(c1ccc(OC)cc1)S(C)(=O)=O. The highest BCUT2D eigenvalue weighted by Crippen LogP contribution is 2.23. The number of benzene rings is 3. The van der Waals surface area contributed by atoms with Crippen LogP contribution in [0.2, 0.25) is 0 Å². The molecule has 0 radical (unpaired) electrons. The molecule has 3 aromatic rings. The number of amides is 2. The van der Waals surface area contributed by atoms with Crippen LogP contribution in [0.4, 0.5) is 5.69 Å². The van der Waals surface area contributed by atoms with E-state index in [0.717, 1.165) is 21.7 Å². The summed E-state index contributed by atoms with van der Waals surface area (Å²) in [5.74, 6) is -0.269. The number of carbonyl (C=O) groups excluding carboxylic acids is 2. The van der Waals surface area contributed by atoms with Gasteiger partial charge in [0, 0.05) is 20.0 Å². The number of hydrogen-bond donors (Lipinski definition) is 1. The standard InChI is InChI=1S/C27H31N3O5S/c1-28-27(32)25(18-21-10-6-4-7-11-21)29(19-22-12-8-5-9-13-22)26(31)20-30(36(3,33)34)23-14-16-24(35-2)17-15-23/h4-17,25H,18-20H2,1-3H3,(H,28,32). The van der Waals surface area contributed by atoms with Gasteiger partial charge in [-0.25, -0.2) is 8.42 Å². The molecule has 9 heteroatoms. The second kappa shape index (κ2) is 12.2. The van der Waals surface area contributed by atoms with Crippen LogP contribution in [0.3, 0.4) is 0 Å². The van der Waals surface area contributed by atoms with Crippen molar-refractivity contribution in [3.8, 4) is 5.75 Å². The molecule has 0 spiro atoms. The van der Waals surface area contributed by atoms with Crippen molar-refractivity contribution in [2.75, 3.05) is 31.3 Å². The van der Waals surface area contributed by atoms with Gasteiger partial charge in [-0.1, -0.05) is 60.7 Å². The molecule has 190 valence electrons. The van der Waals surface area contributed by atoms with E-state index in [4.69, 9.17) is 4.74 Å². The Labute approximate surface area is 212 Å². The molecule has 0 heterocycles. The van der Waals surface area contributed by atoms with Gasteiger partial charge in [0.2, 0.25) is 21.8 Å². The van der Waals surface area contributed by atoms with Gasteiger partial charge in [0.15, 0.2) is 0 Å². The second-order valence-electron chi connectivity index (χ2n) is 8.29. The van der Waals surface area contributed by atoms with Crippen LogP contribution in [0.5, 0.6) is 5.75 Å². The van der Waals surface area contributed by atoms with Gasteiger partial charge in [-0.05, 0) is 35.4 Å². The Kier molecular flexibility index (Phi) is 9.08. The van der Waals surface area contributed by atoms with Gasteiger partial charge >= 0.3 is 0 Å². The highest BCUT2D eigenvalue weighted by molar-refractivity contribution is 7.92. The van der Waals surface area contributed by atoms with E-state index in [-0.39, 0.29) is 18.9 Å². The molecule has 36 heavy (non-hydrogen) atoms. The molecule has 0 aromatic heterocycles. The van der Waals surface area contributed by atoms with E-state index in [2.05, 4.69) is 5.32 Å². The van der Waals surface area contributed by atoms with Crippen LogP contribution in [-0.4, -0.2) is 58.1 Å². The van der Waals surface area contributed by atoms with E-state index in [9.17, 15) is 18.0 Å². The number of rotatable bonds is 11. The minimum atomic E-state index is -3.80. The lowest BCUT2D eigenvalue weighted by molar-refractivity contribution is -0.139. The maximum atomic E-state index is 13.8. The molecule has 0 aliphatic heterocycles. The fourth-order valence-electron chi connectivity index (χ4n) is 3.86. The maximum Gasteiger partial charge on any atom is 0.244 e. The molecule has 8 nitrogen and oxygen atoms in total. The van der Waals surface area contributed by atoms with Gasteiger partial charge in [-0.2, -0.15) is 0 Å². The first-order valence-electron chi connectivity index (χ1n) is 11.4. The lowest BCUT2D eigenvalue weighted by Crippen LogP contribution is -2.52. The smallest absolute Gasteiger partial charge is 0.244 e. The average Bonchev–Trinajstić information content (AvgIpc) is 2.89. The van der Waals surface area contributed by atoms with Gasteiger partial charge in [-0.15, -0.1) is 0 Å². The van der Waals surface area contributed by atoms with Crippen LogP contribution in [0, 0.1) is 0 Å². The molecule has 2 amide bonds. The number of carbonyl (C=O) groups is 2. The van der Waals surface area contributed by atoms with Crippen molar-refractivity contribution in [1.29, 1.82) is 0 Å². The molecule has 1 atom stereocenters. The van der Waals surface area contributed by atoms with Crippen LogP contribution < -0.4 is 14.4 Å². The first-order chi connectivity index (χ1) is 17.2. The van der Waals surface area contributed by atoms with E-state index in [1.165, 1.54) is 19.1 Å². The molecule has 3 rings (SSSR count). The number of ether oxygens (including phenoxy) is 1. The fourth-order valence-corrected chi connectivity index (χ4v) is 4.71. The number of sulfonamides is 1. The minimum Gasteiger partial charge on any atom is -0.497 e. The lowest BCUT2D eigenvalue weighted by atomic mass is 10.0. The molecule has 0 fully saturated rings. The van der Waals surface area contributed by atoms with Crippen molar-refractivity contribution in [2.45, 2.75) is 19.0 Å². The summed E-state index contributed by atoms with van der Waals surface area (Å²) in [6.45, 7) is -0.314. The zero-order valence-corrected chi connectivity index (χ0v) is 21.4. The summed E-state index contributed by atoms with van der Waals surface area (Å²) < 4.78 is 31.6. The van der Waals surface area contributed by atoms with Crippen molar-refractivity contribution in [1.82, 2.24) is 10.2 Å². The van der Waals surface area contributed by atoms with E-state index in [1.807, 2.05) is 60.7 Å². The molecule has 0 saturated carbocycles. The molecule has 0 saturated heterocycles. The number of nitrogens with zero attached hydrogens (tertiary/aromatic N) is 2. The van der Waals surface area contributed by atoms with Crippen LogP contribution in [0.1, 0.15) is 11.1 Å². The molecular weight excluding hydrogens is 478 g/mol. The third kappa shape index (κ3) is 7.08. The Balaban J connectivity index is 1.99. The van der Waals surface area contributed by atoms with Crippen molar-refractivity contribution in [3.63, 3.8) is 0 Å². The number of nitrogens with one attached hydrogen (secondary N) is 1. The van der Waals surface area contributed by atoms with Gasteiger partial charge in [0.1, 0.15) is 18.3 Å². The third-order valence-corrected chi connectivity index (χ3v) is 6.89. The van der Waals surface area contributed by atoms with Gasteiger partial charge in [0.05, 0.1) is 19.1 Å². The van der Waals surface area contributed by atoms with E-state index >= 15 is 0 Å². The second-order valence-corrected chi connectivity index (χ2v) is 10.2. The molecule has 0 aliphatic carbocycles. The molecular formula is C27H31N3O5S. The maximum absolute atomic E-state index is 13.8. The van der Waals surface area contributed by atoms with Crippen LogP contribution in [0.25, 0.3) is 0 Å². The van der Waals surface area contributed by atoms with Crippen LogP contribution in [0.15, 0.2) is 84.9 Å². The van der Waals surface area contributed by atoms with E-state index < -0.39 is 28.5 Å². The van der Waals surface area contributed by atoms with Crippen LogP contribution >= 0.6 is 0 Å². The highest BCUT2D eigenvalue weighted by Gasteiger charge is 2.32. The van der Waals surface area contributed by atoms with Crippen molar-refractivity contribution in [2.24, 2.45) is 0 Å². The predicted molar refractivity (Wildman–Crippen MR) is 140 cm³/mol. The first-order valence-corrected chi connectivity index (χ1v) is 13.3. The molecule has 1 unspecified atom stereocenters. The summed E-state index contributed by atoms with van der Waals surface area (Å²) in [5, 5.41) is 2.66. The summed E-state index contributed by atoms with van der Waals surface area (Å²) in [4.78, 5) is 28.2. The quantitative estimate of drug-likeness (QED) is 0.429. The fraction of sp³-hybridized carbons (Fsp3) is 0.259. The Hall–Kier alpha value is -3.85. The normalized spacial score (nSPS) is 11.9. The third-order valence-electron chi connectivity index (χ3n) is 5.75. The van der Waals surface area contributed by atoms with Gasteiger partial charge < -0.3 is 15.0 Å². The molecule has 0 aliphatic rings. The topological polar surface area (TPSA) is 96.0 Å². The number of likely N-dealkylation sites (N-methyl/N-ethyl adjacent to an activating group) is 1. The lowest BCUT2D eigenvalue weighted by Gasteiger charge is -2.33. The molecule has 1 N–H and O–H groups in total. The summed E-state index contributed by atoms with van der Waals surface area (Å²) in [6.07, 6.45) is 1.33. The Morgan fingerprint density at radius 3 is 1.94 bits per heavy atom. The van der Waals surface area contributed by atoms with Crippen molar-refractivity contribution in [3.05, 3.63) is 96.1 Å². The average molecular weight is 510 g/mol. The highest BCUT2D eigenvalue weighted by atomic mass is 32.2. The summed E-state index contributed by atoms with van der Waals surface area (Å²) in [7, 11) is -0.772. The summed E-state index contributed by atoms with van der Waals surface area (Å²) in [5.41, 5.74) is 2.03. The Bertz CT molecular complexity index is 1250. The number of methoxy groups -OCH3 is 1. The zero-order chi connectivity index (χ0) is 26.1. The largest absolute Gasteiger partial charge is 0.497 e. The van der Waals surface area contributed by atoms with Crippen LogP contribution in [-0.2, 0) is 32.6 Å². The molecule has 3 aromatic carbocycles. The first kappa shape index (κ1) is 26.7. The number of anilines is 1. The molecule has 0 bridgehead atoms. The monoisotopic (exact) mass is 509 g/mol. The van der Waals surface area contributed by atoms with Crippen molar-refractivity contribution < 1.29 is 22.7 Å². The van der Waals surface area contributed by atoms with Gasteiger partial charge in [-0.3, -0.25) is 13.9 Å². The Morgan fingerprint density at radius 1 is 0.889 bits per heavy atom.